The van der Waals surface area contributed by atoms with Crippen LogP contribution in [0.25, 0.3) is 0 Å². The number of nitrogens with zero attached hydrogens (tertiary/aromatic N) is 2. The smallest absolute Gasteiger partial charge is 0.313 e. The van der Waals surface area contributed by atoms with Gasteiger partial charge in [0.25, 0.3) is 0 Å². The molecule has 5 rings (SSSR count). The van der Waals surface area contributed by atoms with E-state index in [1.54, 1.807) is 0 Å². The highest BCUT2D eigenvalue weighted by atomic mass is 16.6. The van der Waals surface area contributed by atoms with E-state index in [0.717, 1.165) is 30.7 Å². The van der Waals surface area contributed by atoms with E-state index in [9.17, 15) is 24.5 Å². The number of hydrogen-bond donors (Lipinski definition) is 0. The van der Waals surface area contributed by atoms with E-state index in [1.807, 2.05) is 0 Å². The summed E-state index contributed by atoms with van der Waals surface area (Å²) in [7, 11) is 0. The number of carbonyl (C=O) groups is 3. The molecular formula is C19H16N2O6. The molecule has 3 fully saturated rings. The monoisotopic (exact) mass is 368 g/mol. The topological polar surface area (TPSA) is 107 Å². The number of ether oxygens (including phenoxy) is 1. The van der Waals surface area contributed by atoms with Gasteiger partial charge < -0.3 is 4.74 Å². The number of allylic oxidation sites excluding steroid dienone is 2. The number of imide groups is 1. The summed E-state index contributed by atoms with van der Waals surface area (Å²) in [5.41, 5.74) is -0.218. The summed E-state index contributed by atoms with van der Waals surface area (Å²) < 4.78 is 4.85. The highest BCUT2D eigenvalue weighted by Gasteiger charge is 2.73. The number of rotatable bonds is 3. The van der Waals surface area contributed by atoms with Gasteiger partial charge in [-0.15, -0.1) is 0 Å². The lowest BCUT2D eigenvalue weighted by Crippen LogP contribution is -2.34. The second-order valence-electron chi connectivity index (χ2n) is 7.74. The maximum Gasteiger partial charge on any atom is 0.313 e. The van der Waals surface area contributed by atoms with Gasteiger partial charge in [-0.25, -0.2) is 4.90 Å². The molecule has 8 heteroatoms. The van der Waals surface area contributed by atoms with Crippen molar-refractivity contribution in [1.82, 2.24) is 0 Å². The molecule has 2 saturated carbocycles. The summed E-state index contributed by atoms with van der Waals surface area (Å²) in [6, 6.07) is 3.78. The molecule has 27 heavy (non-hydrogen) atoms. The zero-order chi connectivity index (χ0) is 19.1. The molecular weight excluding hydrogens is 352 g/mol. The molecule has 3 aliphatic carbocycles. The van der Waals surface area contributed by atoms with Crippen LogP contribution in [0.3, 0.4) is 0 Å². The number of hydrogen-bond acceptors (Lipinski definition) is 6. The van der Waals surface area contributed by atoms with Gasteiger partial charge in [0.2, 0.25) is 17.6 Å². The second kappa shape index (κ2) is 5.03. The normalized spacial score (nSPS) is 31.5. The Morgan fingerprint density at radius 2 is 1.78 bits per heavy atom. The first-order valence-electron chi connectivity index (χ1n) is 8.88. The van der Waals surface area contributed by atoms with Crippen molar-refractivity contribution in [3.8, 4) is 5.75 Å². The fourth-order valence-corrected chi connectivity index (χ4v) is 5.36. The zero-order valence-electron chi connectivity index (χ0n) is 14.5. The lowest BCUT2D eigenvalue weighted by atomic mass is 9.85. The van der Waals surface area contributed by atoms with Crippen LogP contribution in [0.15, 0.2) is 30.4 Å². The van der Waals surface area contributed by atoms with Gasteiger partial charge in [-0.1, -0.05) is 12.2 Å². The molecule has 0 unspecified atom stereocenters. The maximum atomic E-state index is 13.1. The van der Waals surface area contributed by atoms with Gasteiger partial charge in [0.15, 0.2) is 0 Å². The number of nitro benzene ring substituents is 1. The van der Waals surface area contributed by atoms with Gasteiger partial charge in [-0.2, -0.15) is 0 Å². The summed E-state index contributed by atoms with van der Waals surface area (Å²) in [6.07, 6.45) is 6.23. The third-order valence-electron chi connectivity index (χ3n) is 6.50. The van der Waals surface area contributed by atoms with Gasteiger partial charge >= 0.3 is 11.7 Å². The minimum absolute atomic E-state index is 0.0873. The van der Waals surface area contributed by atoms with Crippen LogP contribution in [0.5, 0.6) is 5.75 Å². The number of fused-ring (bicyclic) bond motifs is 3. The number of amides is 2. The number of nitro groups is 1. The Hall–Kier alpha value is -3.03. The average Bonchev–Trinajstić information content (AvgIpc) is 3.20. The molecule has 1 spiro atoms. The molecule has 1 aromatic rings. The molecule has 2 bridgehead atoms. The van der Waals surface area contributed by atoms with Gasteiger partial charge in [-0.05, 0) is 42.2 Å². The highest BCUT2D eigenvalue weighted by Crippen LogP contribution is 2.73. The van der Waals surface area contributed by atoms with Gasteiger partial charge in [0.1, 0.15) is 0 Å². The number of carbonyl (C=O) groups excluding carboxylic acids is 3. The Balaban J connectivity index is 1.52. The molecule has 0 N–H and O–H groups in total. The Kier molecular flexibility index (Phi) is 3.01. The third kappa shape index (κ3) is 1.95. The summed E-state index contributed by atoms with van der Waals surface area (Å²) in [4.78, 5) is 49.0. The van der Waals surface area contributed by atoms with Crippen molar-refractivity contribution in [2.75, 3.05) is 4.90 Å². The lowest BCUT2D eigenvalue weighted by Gasteiger charge is -2.21. The Bertz CT molecular complexity index is 929. The molecule has 0 aromatic heterocycles. The van der Waals surface area contributed by atoms with Crippen LogP contribution in [0, 0.1) is 39.2 Å². The molecule has 1 heterocycles. The van der Waals surface area contributed by atoms with E-state index in [-0.39, 0.29) is 52.3 Å². The first-order valence-corrected chi connectivity index (χ1v) is 8.88. The van der Waals surface area contributed by atoms with Crippen molar-refractivity contribution < 1.29 is 24.0 Å². The SMILES string of the molecule is CC(=O)Oc1ccc(N2C(=O)[C@@H]3[C@H](C2=O)[C@@H]2C=C[C@@H]3C23CC3)cc1[N+](=O)[O-]. The Morgan fingerprint density at radius 3 is 2.26 bits per heavy atom. The summed E-state index contributed by atoms with van der Waals surface area (Å²) in [6.45, 7) is 1.14. The average molecular weight is 368 g/mol. The summed E-state index contributed by atoms with van der Waals surface area (Å²) in [5.74, 6) is -2.05. The fourth-order valence-electron chi connectivity index (χ4n) is 5.36. The molecule has 138 valence electrons. The number of esters is 1. The molecule has 0 radical (unpaired) electrons. The van der Waals surface area contributed by atoms with Crippen LogP contribution >= 0.6 is 0 Å². The maximum absolute atomic E-state index is 13.1. The fraction of sp³-hybridized carbons (Fsp3) is 0.421. The van der Waals surface area contributed by atoms with Gasteiger partial charge in [0, 0.05) is 13.0 Å². The number of benzene rings is 1. The van der Waals surface area contributed by atoms with E-state index >= 15 is 0 Å². The van der Waals surface area contributed by atoms with Crippen molar-refractivity contribution in [3.63, 3.8) is 0 Å². The van der Waals surface area contributed by atoms with E-state index in [4.69, 9.17) is 4.74 Å². The van der Waals surface area contributed by atoms with Crippen molar-refractivity contribution in [2.45, 2.75) is 19.8 Å². The number of anilines is 1. The first kappa shape index (κ1) is 16.2. The minimum Gasteiger partial charge on any atom is -0.419 e. The highest BCUT2D eigenvalue weighted by molar-refractivity contribution is 6.23. The molecule has 8 nitrogen and oxygen atoms in total. The molecule has 1 saturated heterocycles. The van der Waals surface area contributed by atoms with Crippen molar-refractivity contribution in [2.24, 2.45) is 29.1 Å². The predicted octanol–water partition coefficient (Wildman–Crippen LogP) is 2.22. The van der Waals surface area contributed by atoms with Crippen LogP contribution < -0.4 is 9.64 Å². The van der Waals surface area contributed by atoms with Crippen LogP contribution in [0.1, 0.15) is 19.8 Å². The molecule has 4 atom stereocenters. The minimum atomic E-state index is -0.696. The van der Waals surface area contributed by atoms with Crippen LogP contribution in [0.2, 0.25) is 0 Å². The van der Waals surface area contributed by atoms with Crippen molar-refractivity contribution in [1.29, 1.82) is 0 Å². The molecule has 1 aromatic carbocycles. The summed E-state index contributed by atoms with van der Waals surface area (Å²) >= 11 is 0. The molecule has 4 aliphatic rings. The quantitative estimate of drug-likeness (QED) is 0.202. The lowest BCUT2D eigenvalue weighted by molar-refractivity contribution is -0.385. The second-order valence-corrected chi connectivity index (χ2v) is 7.74. The van der Waals surface area contributed by atoms with Crippen molar-refractivity contribution in [3.05, 3.63) is 40.5 Å². The third-order valence-corrected chi connectivity index (χ3v) is 6.50. The van der Waals surface area contributed by atoms with Crippen LogP contribution in [-0.4, -0.2) is 22.7 Å². The van der Waals surface area contributed by atoms with E-state index in [0.29, 0.717) is 0 Å². The Labute approximate surface area is 153 Å². The zero-order valence-corrected chi connectivity index (χ0v) is 14.5. The van der Waals surface area contributed by atoms with E-state index in [2.05, 4.69) is 12.2 Å². The van der Waals surface area contributed by atoms with E-state index in [1.165, 1.54) is 12.1 Å². The van der Waals surface area contributed by atoms with Crippen LogP contribution in [-0.2, 0) is 14.4 Å². The van der Waals surface area contributed by atoms with Crippen LogP contribution in [0.4, 0.5) is 11.4 Å². The van der Waals surface area contributed by atoms with Gasteiger partial charge in [0.05, 0.1) is 22.4 Å². The largest absolute Gasteiger partial charge is 0.419 e. The standard InChI is InChI=1S/C19H16N2O6/c1-9(22)27-14-5-2-10(8-13(14)21(25)26)20-17(23)15-11-3-4-12(16(15)18(20)24)19(11)6-7-19/h2-5,8,11-12,15-16H,6-7H2,1H3/t11-,12-,15-,16+/m0/s1. The van der Waals surface area contributed by atoms with E-state index < -0.39 is 16.6 Å². The molecule has 1 aliphatic heterocycles. The predicted molar refractivity (Wildman–Crippen MR) is 91.7 cm³/mol. The van der Waals surface area contributed by atoms with Gasteiger partial charge in [-0.3, -0.25) is 24.5 Å². The van der Waals surface area contributed by atoms with Crippen molar-refractivity contribution >= 4 is 29.2 Å². The first-order chi connectivity index (χ1) is 12.8. The summed E-state index contributed by atoms with van der Waals surface area (Å²) in [5, 5.41) is 11.4. The molecule has 2 amide bonds. The Morgan fingerprint density at radius 1 is 1.19 bits per heavy atom.